The summed E-state index contributed by atoms with van der Waals surface area (Å²) >= 11 is 0. The van der Waals surface area contributed by atoms with Gasteiger partial charge in [0.2, 0.25) is 5.78 Å². The second kappa shape index (κ2) is 8.61. The van der Waals surface area contributed by atoms with Gasteiger partial charge in [-0.2, -0.15) is 0 Å². The largest absolute Gasteiger partial charge is 0.512 e. The highest BCUT2D eigenvalue weighted by atomic mass is 31.2. The molecule has 0 saturated carbocycles. The van der Waals surface area contributed by atoms with Crippen LogP contribution >= 0.6 is 7.60 Å². The van der Waals surface area contributed by atoms with Gasteiger partial charge in [0.05, 0.1) is 19.0 Å². The van der Waals surface area contributed by atoms with Crippen molar-refractivity contribution in [2.24, 2.45) is 0 Å². The monoisotopic (exact) mass is 370 g/mol. The Morgan fingerprint density at radius 2 is 1.92 bits per heavy atom. The molecule has 0 amide bonds. The molecule has 0 spiro atoms. The second-order valence-corrected chi connectivity index (χ2v) is 7.73. The lowest BCUT2D eigenvalue weighted by molar-refractivity contribution is -0.116. The van der Waals surface area contributed by atoms with Crippen LogP contribution in [0.1, 0.15) is 55.8 Å². The fraction of sp³-hybridized carbons (Fsp3) is 0.529. The zero-order chi connectivity index (χ0) is 18.4. The third-order valence-corrected chi connectivity index (χ3v) is 5.78. The summed E-state index contributed by atoms with van der Waals surface area (Å²) in [5.41, 5.74) is 0.156. The molecule has 0 fully saturated rings. The van der Waals surface area contributed by atoms with Gasteiger partial charge in [0.15, 0.2) is 11.5 Å². The molecule has 8 heteroatoms. The highest BCUT2D eigenvalue weighted by Gasteiger charge is 2.28. The average Bonchev–Trinajstić information content (AvgIpc) is 2.99. The molecule has 0 bridgehead atoms. The zero-order valence-electron chi connectivity index (χ0n) is 14.4. The Balaban J connectivity index is 2.08. The summed E-state index contributed by atoms with van der Waals surface area (Å²) < 4.78 is 28.3. The summed E-state index contributed by atoms with van der Waals surface area (Å²) in [6, 6.07) is 3.00. The molecule has 1 aliphatic rings. The van der Waals surface area contributed by atoms with Crippen LogP contribution in [-0.2, 0) is 24.6 Å². The SMILES string of the molecule is CCOP(=O)(Cc1ccc(C(=O)CC2=C(O)CCCC2=O)o1)OCC. The van der Waals surface area contributed by atoms with Gasteiger partial charge in [-0.25, -0.2) is 0 Å². The molecule has 25 heavy (non-hydrogen) atoms. The number of hydrogen-bond acceptors (Lipinski definition) is 7. The molecule has 0 aromatic carbocycles. The third-order valence-electron chi connectivity index (χ3n) is 3.78. The minimum atomic E-state index is -3.32. The van der Waals surface area contributed by atoms with Crippen LogP contribution in [0.25, 0.3) is 0 Å². The van der Waals surface area contributed by atoms with Crippen molar-refractivity contribution in [1.82, 2.24) is 0 Å². The molecule has 138 valence electrons. The lowest BCUT2D eigenvalue weighted by Crippen LogP contribution is -2.15. The number of carbonyl (C=O) groups excluding carboxylic acids is 2. The van der Waals surface area contributed by atoms with Gasteiger partial charge in [-0.05, 0) is 32.4 Å². The number of allylic oxidation sites excluding steroid dienone is 2. The first-order valence-corrected chi connectivity index (χ1v) is 10.1. The molecule has 1 aromatic heterocycles. The molecule has 1 N–H and O–H groups in total. The van der Waals surface area contributed by atoms with Crippen molar-refractivity contribution in [2.75, 3.05) is 13.2 Å². The molecular weight excluding hydrogens is 347 g/mol. The van der Waals surface area contributed by atoms with Crippen LogP contribution in [0.3, 0.4) is 0 Å². The maximum Gasteiger partial charge on any atom is 0.338 e. The van der Waals surface area contributed by atoms with E-state index in [0.717, 1.165) is 0 Å². The van der Waals surface area contributed by atoms with Crippen LogP contribution in [0, 0.1) is 0 Å². The van der Waals surface area contributed by atoms with Gasteiger partial charge >= 0.3 is 7.60 Å². The standard InChI is InChI=1S/C17H23O7P/c1-3-22-25(21,23-4-2)11-12-8-9-17(24-12)16(20)10-13-14(18)6-5-7-15(13)19/h8-9,18H,3-7,10-11H2,1-2H3. The molecule has 0 unspecified atom stereocenters. The number of hydrogen-bond donors (Lipinski definition) is 1. The average molecular weight is 370 g/mol. The highest BCUT2D eigenvalue weighted by molar-refractivity contribution is 7.53. The van der Waals surface area contributed by atoms with Crippen molar-refractivity contribution in [1.29, 1.82) is 0 Å². The Bertz CT molecular complexity index is 706. The van der Waals surface area contributed by atoms with E-state index < -0.39 is 13.4 Å². The maximum atomic E-state index is 12.5. The van der Waals surface area contributed by atoms with Gasteiger partial charge in [0.25, 0.3) is 0 Å². The molecule has 0 aliphatic heterocycles. The number of carbonyl (C=O) groups is 2. The van der Waals surface area contributed by atoms with Gasteiger partial charge in [-0.15, -0.1) is 0 Å². The van der Waals surface area contributed by atoms with E-state index in [2.05, 4.69) is 0 Å². The van der Waals surface area contributed by atoms with E-state index in [1.165, 1.54) is 12.1 Å². The predicted molar refractivity (Wildman–Crippen MR) is 90.7 cm³/mol. The summed E-state index contributed by atoms with van der Waals surface area (Å²) in [5, 5.41) is 9.82. The first-order valence-electron chi connectivity index (χ1n) is 8.32. The highest BCUT2D eigenvalue weighted by Crippen LogP contribution is 2.51. The van der Waals surface area contributed by atoms with Crippen molar-refractivity contribution in [2.45, 2.75) is 45.7 Å². The van der Waals surface area contributed by atoms with Crippen molar-refractivity contribution >= 4 is 19.2 Å². The summed E-state index contributed by atoms with van der Waals surface area (Å²) in [6.45, 7) is 3.90. The molecule has 0 saturated heterocycles. The molecule has 7 nitrogen and oxygen atoms in total. The van der Waals surface area contributed by atoms with Crippen molar-refractivity contribution in [3.63, 3.8) is 0 Å². The summed E-state index contributed by atoms with van der Waals surface area (Å²) in [5.74, 6) is -0.282. The maximum absolute atomic E-state index is 12.5. The third kappa shape index (κ3) is 5.14. The van der Waals surface area contributed by atoms with Crippen LogP contribution in [-0.4, -0.2) is 29.9 Å². The van der Waals surface area contributed by atoms with Crippen LogP contribution in [0.2, 0.25) is 0 Å². The second-order valence-electron chi connectivity index (χ2n) is 5.67. The minimum absolute atomic E-state index is 0.0198. The number of ketones is 2. The number of aliphatic hydroxyl groups is 1. The minimum Gasteiger partial charge on any atom is -0.512 e. The molecule has 1 aliphatic carbocycles. The van der Waals surface area contributed by atoms with E-state index in [1.807, 2.05) is 0 Å². The first kappa shape index (κ1) is 19.6. The van der Waals surface area contributed by atoms with E-state index >= 15 is 0 Å². The zero-order valence-corrected chi connectivity index (χ0v) is 15.3. The number of Topliss-reactive ketones (excluding diaryl/α,β-unsaturated/α-hetero) is 2. The van der Waals surface area contributed by atoms with Crippen molar-refractivity contribution in [3.8, 4) is 0 Å². The molecule has 0 radical (unpaired) electrons. The van der Waals surface area contributed by atoms with Gasteiger partial charge in [0, 0.05) is 24.8 Å². The van der Waals surface area contributed by atoms with Gasteiger partial charge in [0.1, 0.15) is 11.9 Å². The fourth-order valence-electron chi connectivity index (χ4n) is 2.65. The van der Waals surface area contributed by atoms with Gasteiger partial charge in [-0.3, -0.25) is 14.2 Å². The normalized spacial score (nSPS) is 15.7. The Hall–Kier alpha value is -1.69. The van der Waals surface area contributed by atoms with Crippen LogP contribution in [0.5, 0.6) is 0 Å². The van der Waals surface area contributed by atoms with Crippen LogP contribution in [0.4, 0.5) is 0 Å². The quantitative estimate of drug-likeness (QED) is 0.513. The van der Waals surface area contributed by atoms with E-state index in [1.54, 1.807) is 13.8 Å². The first-order chi connectivity index (χ1) is 11.9. The topological polar surface area (TPSA) is 103 Å². The predicted octanol–water partition coefficient (Wildman–Crippen LogP) is 4.18. The van der Waals surface area contributed by atoms with E-state index in [0.29, 0.717) is 25.0 Å². The lowest BCUT2D eigenvalue weighted by atomic mass is 9.92. The Kier molecular flexibility index (Phi) is 6.76. The van der Waals surface area contributed by atoms with E-state index in [-0.39, 0.29) is 48.7 Å². The van der Waals surface area contributed by atoms with Crippen LogP contribution < -0.4 is 0 Å². The number of aliphatic hydroxyl groups excluding tert-OH is 1. The van der Waals surface area contributed by atoms with E-state index in [9.17, 15) is 19.3 Å². The Morgan fingerprint density at radius 3 is 2.52 bits per heavy atom. The molecule has 2 rings (SSSR count). The summed E-state index contributed by atoms with van der Waals surface area (Å²) in [6.07, 6.45) is 1.06. The van der Waals surface area contributed by atoms with Gasteiger partial charge in [-0.1, -0.05) is 0 Å². The van der Waals surface area contributed by atoms with Crippen molar-refractivity contribution < 1.29 is 32.7 Å². The lowest BCUT2D eigenvalue weighted by Gasteiger charge is -2.15. The smallest absolute Gasteiger partial charge is 0.338 e. The van der Waals surface area contributed by atoms with Gasteiger partial charge < -0.3 is 18.6 Å². The number of furan rings is 1. The molecule has 0 atom stereocenters. The Labute approximate surface area is 146 Å². The summed E-state index contributed by atoms with van der Waals surface area (Å²) in [4.78, 5) is 24.1. The fourth-order valence-corrected chi connectivity index (χ4v) is 4.25. The Morgan fingerprint density at radius 1 is 1.24 bits per heavy atom. The number of rotatable bonds is 9. The molecule has 1 heterocycles. The summed E-state index contributed by atoms with van der Waals surface area (Å²) in [7, 11) is -3.32. The van der Waals surface area contributed by atoms with E-state index in [4.69, 9.17) is 13.5 Å². The van der Waals surface area contributed by atoms with Crippen molar-refractivity contribution in [3.05, 3.63) is 35.0 Å². The molecule has 1 aromatic rings. The molecular formula is C17H23O7P. The van der Waals surface area contributed by atoms with Crippen LogP contribution in [0.15, 0.2) is 27.9 Å².